The molecule has 4 nitrogen and oxygen atoms in total. The van der Waals surface area contributed by atoms with Gasteiger partial charge in [0.2, 0.25) is 0 Å². The van der Waals surface area contributed by atoms with Gasteiger partial charge in [0.1, 0.15) is 0 Å². The molecule has 1 spiro atoms. The number of rotatable bonds is 2. The van der Waals surface area contributed by atoms with Crippen molar-refractivity contribution in [2.75, 3.05) is 46.1 Å². The highest BCUT2D eigenvalue weighted by Crippen LogP contribution is 2.31. The van der Waals surface area contributed by atoms with Crippen molar-refractivity contribution in [1.29, 1.82) is 0 Å². The smallest absolute Gasteiger partial charge is 0.170 e. The third kappa shape index (κ3) is 2.25. The number of piperidine rings is 1. The normalized spacial score (nSPS) is 34.9. The Hall–Kier alpha value is -0.160. The average molecular weight is 227 g/mol. The van der Waals surface area contributed by atoms with E-state index in [1.54, 1.807) is 0 Å². The molecule has 3 heterocycles. The van der Waals surface area contributed by atoms with Gasteiger partial charge in [-0.2, -0.15) is 0 Å². The SMILES string of the molecule is C1CC(CN2CCC3(CC2)OCCO3)CO1. The van der Waals surface area contributed by atoms with Gasteiger partial charge in [0, 0.05) is 39.1 Å². The van der Waals surface area contributed by atoms with Crippen LogP contribution in [0, 0.1) is 5.92 Å². The summed E-state index contributed by atoms with van der Waals surface area (Å²) in [5.74, 6) is 0.530. The van der Waals surface area contributed by atoms with Gasteiger partial charge in [-0.05, 0) is 12.3 Å². The lowest BCUT2D eigenvalue weighted by atomic mass is 10.0. The maximum Gasteiger partial charge on any atom is 0.170 e. The van der Waals surface area contributed by atoms with Gasteiger partial charge in [0.15, 0.2) is 5.79 Å². The Morgan fingerprint density at radius 2 is 1.81 bits per heavy atom. The van der Waals surface area contributed by atoms with Crippen LogP contribution in [0.5, 0.6) is 0 Å². The van der Waals surface area contributed by atoms with Crippen LogP contribution in [0.15, 0.2) is 0 Å². The Kier molecular flexibility index (Phi) is 3.16. The molecule has 3 aliphatic rings. The van der Waals surface area contributed by atoms with Crippen LogP contribution < -0.4 is 0 Å². The van der Waals surface area contributed by atoms with Gasteiger partial charge < -0.3 is 19.1 Å². The molecule has 0 N–H and O–H groups in total. The second-order valence-electron chi connectivity index (χ2n) is 5.14. The lowest BCUT2D eigenvalue weighted by Crippen LogP contribution is -2.46. The summed E-state index contributed by atoms with van der Waals surface area (Å²) in [6, 6.07) is 0. The Balaban J connectivity index is 1.46. The van der Waals surface area contributed by atoms with Crippen LogP contribution in [-0.4, -0.2) is 56.7 Å². The number of nitrogens with zero attached hydrogens (tertiary/aromatic N) is 1. The van der Waals surface area contributed by atoms with Gasteiger partial charge in [-0.3, -0.25) is 0 Å². The quantitative estimate of drug-likeness (QED) is 0.700. The van der Waals surface area contributed by atoms with Crippen molar-refractivity contribution in [1.82, 2.24) is 4.90 Å². The molecular formula is C12H21NO3. The summed E-state index contributed by atoms with van der Waals surface area (Å²) in [5, 5.41) is 0. The van der Waals surface area contributed by atoms with Crippen LogP contribution in [-0.2, 0) is 14.2 Å². The standard InChI is InChI=1S/C12H21NO3/c1-6-14-10-11(1)9-13-4-2-12(3-5-13)15-7-8-16-12/h11H,1-10H2. The summed E-state index contributed by atoms with van der Waals surface area (Å²) in [4.78, 5) is 2.54. The monoisotopic (exact) mass is 227 g/mol. The van der Waals surface area contributed by atoms with Crippen molar-refractivity contribution in [3.63, 3.8) is 0 Å². The molecule has 3 saturated heterocycles. The molecule has 0 radical (unpaired) electrons. The molecular weight excluding hydrogens is 206 g/mol. The van der Waals surface area contributed by atoms with E-state index in [0.29, 0.717) is 0 Å². The van der Waals surface area contributed by atoms with Crippen molar-refractivity contribution < 1.29 is 14.2 Å². The van der Waals surface area contributed by atoms with Crippen molar-refractivity contribution in [3.8, 4) is 0 Å². The predicted octanol–water partition coefficient (Wildman–Crippen LogP) is 0.862. The minimum absolute atomic E-state index is 0.220. The number of likely N-dealkylation sites (tertiary alicyclic amines) is 1. The van der Waals surface area contributed by atoms with E-state index < -0.39 is 0 Å². The zero-order chi connectivity index (χ0) is 10.8. The first kappa shape index (κ1) is 11.0. The van der Waals surface area contributed by atoms with E-state index in [1.807, 2.05) is 0 Å². The summed E-state index contributed by atoms with van der Waals surface area (Å²) in [5.41, 5.74) is 0. The molecule has 4 heteroatoms. The lowest BCUT2D eigenvalue weighted by Gasteiger charge is -2.38. The summed E-state index contributed by atoms with van der Waals surface area (Å²) in [7, 11) is 0. The van der Waals surface area contributed by atoms with Gasteiger partial charge in [-0.15, -0.1) is 0 Å². The van der Waals surface area contributed by atoms with Crippen LogP contribution >= 0.6 is 0 Å². The van der Waals surface area contributed by atoms with Gasteiger partial charge in [-0.1, -0.05) is 0 Å². The minimum atomic E-state index is -0.220. The molecule has 0 aromatic rings. The summed E-state index contributed by atoms with van der Waals surface area (Å²) in [6.07, 6.45) is 3.29. The molecule has 16 heavy (non-hydrogen) atoms. The van der Waals surface area contributed by atoms with E-state index in [9.17, 15) is 0 Å². The van der Waals surface area contributed by atoms with Crippen LogP contribution in [0.25, 0.3) is 0 Å². The largest absolute Gasteiger partial charge is 0.381 e. The molecule has 3 rings (SSSR count). The van der Waals surface area contributed by atoms with Crippen LogP contribution in [0.3, 0.4) is 0 Å². The maximum atomic E-state index is 5.73. The molecule has 3 fully saturated rings. The minimum Gasteiger partial charge on any atom is -0.381 e. The van der Waals surface area contributed by atoms with E-state index >= 15 is 0 Å². The van der Waals surface area contributed by atoms with E-state index in [2.05, 4.69) is 4.90 Å². The molecule has 1 atom stereocenters. The van der Waals surface area contributed by atoms with Gasteiger partial charge in [-0.25, -0.2) is 0 Å². The second-order valence-corrected chi connectivity index (χ2v) is 5.14. The first-order valence-electron chi connectivity index (χ1n) is 6.44. The van der Waals surface area contributed by atoms with E-state index in [4.69, 9.17) is 14.2 Å². The van der Waals surface area contributed by atoms with Crippen LogP contribution in [0.2, 0.25) is 0 Å². The van der Waals surface area contributed by atoms with Crippen LogP contribution in [0.4, 0.5) is 0 Å². The highest BCUT2D eigenvalue weighted by Gasteiger charge is 2.40. The molecule has 92 valence electrons. The molecule has 0 saturated carbocycles. The number of hydrogen-bond donors (Lipinski definition) is 0. The summed E-state index contributed by atoms with van der Waals surface area (Å²) in [6.45, 7) is 6.86. The molecule has 0 aromatic carbocycles. The Morgan fingerprint density at radius 3 is 2.44 bits per heavy atom. The molecule has 0 aromatic heterocycles. The maximum absolute atomic E-state index is 5.73. The zero-order valence-corrected chi connectivity index (χ0v) is 9.82. The fourth-order valence-electron chi connectivity index (χ4n) is 2.95. The highest BCUT2D eigenvalue weighted by molar-refractivity contribution is 4.83. The third-order valence-electron chi connectivity index (χ3n) is 3.97. The Bertz CT molecular complexity index is 224. The molecule has 0 bridgehead atoms. The highest BCUT2D eigenvalue weighted by atomic mass is 16.7. The van der Waals surface area contributed by atoms with Crippen molar-refractivity contribution in [3.05, 3.63) is 0 Å². The van der Waals surface area contributed by atoms with E-state index in [-0.39, 0.29) is 5.79 Å². The predicted molar refractivity (Wildman–Crippen MR) is 59.2 cm³/mol. The van der Waals surface area contributed by atoms with Crippen molar-refractivity contribution >= 4 is 0 Å². The van der Waals surface area contributed by atoms with Gasteiger partial charge >= 0.3 is 0 Å². The van der Waals surface area contributed by atoms with Gasteiger partial charge in [0.25, 0.3) is 0 Å². The first-order chi connectivity index (χ1) is 7.86. The van der Waals surface area contributed by atoms with Crippen LogP contribution in [0.1, 0.15) is 19.3 Å². The fraction of sp³-hybridized carbons (Fsp3) is 1.00. The Morgan fingerprint density at radius 1 is 1.06 bits per heavy atom. The second kappa shape index (κ2) is 4.61. The third-order valence-corrected chi connectivity index (χ3v) is 3.97. The molecule has 3 aliphatic heterocycles. The Labute approximate surface area is 96.8 Å². The number of hydrogen-bond acceptors (Lipinski definition) is 4. The molecule has 1 unspecified atom stereocenters. The van der Waals surface area contributed by atoms with E-state index in [1.165, 1.54) is 13.0 Å². The van der Waals surface area contributed by atoms with Crippen molar-refractivity contribution in [2.24, 2.45) is 5.92 Å². The zero-order valence-electron chi connectivity index (χ0n) is 9.82. The molecule has 0 aliphatic carbocycles. The van der Waals surface area contributed by atoms with E-state index in [0.717, 1.165) is 58.3 Å². The van der Waals surface area contributed by atoms with Crippen molar-refractivity contribution in [2.45, 2.75) is 25.0 Å². The molecule has 0 amide bonds. The number of ether oxygens (including phenoxy) is 3. The summed E-state index contributed by atoms with van der Waals surface area (Å²) >= 11 is 0. The average Bonchev–Trinajstić information content (AvgIpc) is 2.94. The summed E-state index contributed by atoms with van der Waals surface area (Å²) < 4.78 is 16.9. The van der Waals surface area contributed by atoms with Gasteiger partial charge in [0.05, 0.1) is 19.8 Å². The fourth-order valence-corrected chi connectivity index (χ4v) is 2.95. The topological polar surface area (TPSA) is 30.9 Å². The lowest BCUT2D eigenvalue weighted by molar-refractivity contribution is -0.185. The first-order valence-corrected chi connectivity index (χ1v) is 6.44.